The third-order valence-corrected chi connectivity index (χ3v) is 6.41. The van der Waals surface area contributed by atoms with Crippen molar-refractivity contribution < 1.29 is 14.3 Å². The molecule has 0 aromatic heterocycles. The lowest BCUT2D eigenvalue weighted by atomic mass is 9.78. The molecule has 30 heavy (non-hydrogen) atoms. The summed E-state index contributed by atoms with van der Waals surface area (Å²) in [5, 5.41) is 3.58. The summed E-state index contributed by atoms with van der Waals surface area (Å²) in [6.45, 7) is 2.58. The van der Waals surface area contributed by atoms with E-state index in [1.807, 2.05) is 42.2 Å². The van der Waals surface area contributed by atoms with Crippen LogP contribution < -0.4 is 10.1 Å². The summed E-state index contributed by atoms with van der Waals surface area (Å²) in [5.41, 5.74) is 1.93. The Balaban J connectivity index is 2.06. The molecule has 0 bridgehead atoms. The molecule has 2 aromatic carbocycles. The topological polar surface area (TPSA) is 61.9 Å². The second-order valence-corrected chi connectivity index (χ2v) is 8.53. The highest BCUT2D eigenvalue weighted by Gasteiger charge is 2.58. The molecule has 6 nitrogen and oxygen atoms in total. The summed E-state index contributed by atoms with van der Waals surface area (Å²) >= 11 is 6.39. The number of carbonyl (C=O) groups is 2. The second kappa shape index (κ2) is 7.60. The fourth-order valence-electron chi connectivity index (χ4n) is 4.93. The highest BCUT2D eigenvalue weighted by Crippen LogP contribution is 2.52. The molecular weight excluding hydrogens is 402 g/mol. The predicted molar refractivity (Wildman–Crippen MR) is 117 cm³/mol. The van der Waals surface area contributed by atoms with Crippen LogP contribution in [0.3, 0.4) is 0 Å². The lowest BCUT2D eigenvalue weighted by Gasteiger charge is -2.42. The molecular formula is C23H26ClN3O3. The van der Waals surface area contributed by atoms with Crippen LogP contribution in [0.4, 0.5) is 5.69 Å². The highest BCUT2D eigenvalue weighted by atomic mass is 35.5. The standard InChI is InChI=1S/C23H26ClN3O3/c1-14-7-5-9-19(30-4)20(14)23(27-12-6-8-18(27)21(28)26(2)3)16-13-15(24)10-11-17(16)25-22(23)29/h5,7,9-11,13,18H,6,8,12H2,1-4H3,(H,25,29)/t18-,23?/m0/s1. The molecule has 0 saturated carbocycles. The molecule has 1 saturated heterocycles. The molecule has 2 aromatic rings. The summed E-state index contributed by atoms with van der Waals surface area (Å²) in [4.78, 5) is 30.6. The number of methoxy groups -OCH3 is 1. The van der Waals surface area contributed by atoms with E-state index in [0.717, 1.165) is 23.1 Å². The first kappa shape index (κ1) is 20.7. The molecule has 0 aliphatic carbocycles. The van der Waals surface area contributed by atoms with Crippen molar-refractivity contribution in [2.24, 2.45) is 0 Å². The van der Waals surface area contributed by atoms with E-state index in [-0.39, 0.29) is 11.8 Å². The minimum atomic E-state index is -1.20. The molecule has 2 heterocycles. The zero-order valence-electron chi connectivity index (χ0n) is 17.7. The van der Waals surface area contributed by atoms with Gasteiger partial charge in [-0.3, -0.25) is 14.5 Å². The molecule has 2 atom stereocenters. The lowest BCUT2D eigenvalue weighted by molar-refractivity contribution is -0.138. The smallest absolute Gasteiger partial charge is 0.254 e. The van der Waals surface area contributed by atoms with Gasteiger partial charge in [-0.05, 0) is 49.6 Å². The van der Waals surface area contributed by atoms with E-state index in [2.05, 4.69) is 5.32 Å². The van der Waals surface area contributed by atoms with Gasteiger partial charge in [0.05, 0.1) is 13.2 Å². The van der Waals surface area contributed by atoms with Crippen molar-refractivity contribution in [2.45, 2.75) is 31.3 Å². The Morgan fingerprint density at radius 1 is 1.30 bits per heavy atom. The number of rotatable bonds is 4. The SMILES string of the molecule is COc1cccc(C)c1C1(N2CCC[C@H]2C(=O)N(C)C)C(=O)Nc2ccc(Cl)cc21. The van der Waals surface area contributed by atoms with Gasteiger partial charge in [0.15, 0.2) is 5.54 Å². The number of ether oxygens (including phenoxy) is 1. The van der Waals surface area contributed by atoms with Gasteiger partial charge in [0.1, 0.15) is 5.75 Å². The van der Waals surface area contributed by atoms with Crippen LogP contribution in [0.5, 0.6) is 5.75 Å². The van der Waals surface area contributed by atoms with Gasteiger partial charge in [0.25, 0.3) is 5.91 Å². The number of likely N-dealkylation sites (N-methyl/N-ethyl adjacent to an activating group) is 1. The molecule has 1 unspecified atom stereocenters. The third-order valence-electron chi connectivity index (χ3n) is 6.17. The molecule has 1 N–H and O–H groups in total. The number of benzene rings is 2. The van der Waals surface area contributed by atoms with Gasteiger partial charge < -0.3 is 15.0 Å². The van der Waals surface area contributed by atoms with Crippen molar-refractivity contribution >= 4 is 29.1 Å². The highest BCUT2D eigenvalue weighted by molar-refractivity contribution is 6.31. The number of anilines is 1. The van der Waals surface area contributed by atoms with E-state index in [1.165, 1.54) is 0 Å². The summed E-state index contributed by atoms with van der Waals surface area (Å²) in [6.07, 6.45) is 1.51. The van der Waals surface area contributed by atoms with Crippen molar-refractivity contribution in [1.29, 1.82) is 0 Å². The largest absolute Gasteiger partial charge is 0.496 e. The Bertz CT molecular complexity index is 1020. The number of carbonyl (C=O) groups excluding carboxylic acids is 2. The molecule has 2 amide bonds. The number of aryl methyl sites for hydroxylation is 1. The van der Waals surface area contributed by atoms with E-state index >= 15 is 0 Å². The lowest BCUT2D eigenvalue weighted by Crippen LogP contribution is -2.57. The number of likely N-dealkylation sites (tertiary alicyclic amines) is 1. The van der Waals surface area contributed by atoms with Crippen LogP contribution in [0.15, 0.2) is 36.4 Å². The summed E-state index contributed by atoms with van der Waals surface area (Å²) < 4.78 is 5.72. The van der Waals surface area contributed by atoms with E-state index in [9.17, 15) is 9.59 Å². The summed E-state index contributed by atoms with van der Waals surface area (Å²) in [6, 6.07) is 10.7. The quantitative estimate of drug-likeness (QED) is 0.812. The minimum Gasteiger partial charge on any atom is -0.496 e. The van der Waals surface area contributed by atoms with E-state index in [1.54, 1.807) is 32.2 Å². The number of hydrogen-bond acceptors (Lipinski definition) is 4. The van der Waals surface area contributed by atoms with E-state index < -0.39 is 11.6 Å². The molecule has 4 rings (SSSR count). The van der Waals surface area contributed by atoms with Crippen molar-refractivity contribution in [2.75, 3.05) is 33.1 Å². The van der Waals surface area contributed by atoms with Crippen molar-refractivity contribution in [3.8, 4) is 5.75 Å². The van der Waals surface area contributed by atoms with E-state index in [0.29, 0.717) is 29.4 Å². The van der Waals surface area contributed by atoms with Crippen LogP contribution in [0.25, 0.3) is 0 Å². The van der Waals surface area contributed by atoms with Crippen molar-refractivity contribution in [1.82, 2.24) is 9.80 Å². The molecule has 0 spiro atoms. The van der Waals surface area contributed by atoms with Gasteiger partial charge in [0, 0.05) is 42.5 Å². The fraction of sp³-hybridized carbons (Fsp3) is 0.391. The normalized spacial score (nSPS) is 23.2. The number of amides is 2. The van der Waals surface area contributed by atoms with Crippen molar-refractivity contribution in [3.05, 3.63) is 58.1 Å². The monoisotopic (exact) mass is 427 g/mol. The summed E-state index contributed by atoms with van der Waals surface area (Å²) in [7, 11) is 5.10. The first-order valence-corrected chi connectivity index (χ1v) is 10.4. The molecule has 158 valence electrons. The van der Waals surface area contributed by atoms with Gasteiger partial charge in [0.2, 0.25) is 5.91 Å². The second-order valence-electron chi connectivity index (χ2n) is 8.09. The molecule has 1 fully saturated rings. The Morgan fingerprint density at radius 3 is 2.77 bits per heavy atom. The Hall–Kier alpha value is -2.57. The Labute approximate surface area is 181 Å². The molecule has 7 heteroatoms. The average molecular weight is 428 g/mol. The maximum absolute atomic E-state index is 13.8. The maximum atomic E-state index is 13.8. The van der Waals surface area contributed by atoms with Gasteiger partial charge in [-0.15, -0.1) is 0 Å². The van der Waals surface area contributed by atoms with Gasteiger partial charge in [-0.25, -0.2) is 0 Å². The first-order valence-electron chi connectivity index (χ1n) is 10.1. The molecule has 2 aliphatic rings. The van der Waals surface area contributed by atoms with Crippen LogP contribution in [0.2, 0.25) is 5.02 Å². The molecule has 2 aliphatic heterocycles. The van der Waals surface area contributed by atoms with E-state index in [4.69, 9.17) is 16.3 Å². The maximum Gasteiger partial charge on any atom is 0.254 e. The Morgan fingerprint density at radius 2 is 2.07 bits per heavy atom. The third kappa shape index (κ3) is 2.89. The first-order chi connectivity index (χ1) is 14.3. The summed E-state index contributed by atoms with van der Waals surface area (Å²) in [5.74, 6) is 0.412. The number of hydrogen-bond donors (Lipinski definition) is 1. The zero-order chi connectivity index (χ0) is 21.6. The van der Waals surface area contributed by atoms with Gasteiger partial charge in [-0.2, -0.15) is 0 Å². The zero-order valence-corrected chi connectivity index (χ0v) is 18.4. The van der Waals surface area contributed by atoms with Crippen LogP contribution >= 0.6 is 11.6 Å². The van der Waals surface area contributed by atoms with Crippen LogP contribution in [-0.2, 0) is 15.1 Å². The number of nitrogens with zero attached hydrogens (tertiary/aromatic N) is 2. The van der Waals surface area contributed by atoms with Crippen LogP contribution in [0.1, 0.15) is 29.5 Å². The van der Waals surface area contributed by atoms with Gasteiger partial charge >= 0.3 is 0 Å². The molecule has 0 radical (unpaired) electrons. The Kier molecular flexibility index (Phi) is 5.24. The van der Waals surface area contributed by atoms with Gasteiger partial charge in [-0.1, -0.05) is 23.7 Å². The minimum absolute atomic E-state index is 0.0114. The number of halogens is 1. The average Bonchev–Trinajstić information content (AvgIpc) is 3.30. The number of nitrogens with one attached hydrogen (secondary N) is 1. The van der Waals surface area contributed by atoms with Crippen molar-refractivity contribution in [3.63, 3.8) is 0 Å². The van der Waals surface area contributed by atoms with Crippen LogP contribution in [0, 0.1) is 6.92 Å². The van der Waals surface area contributed by atoms with Crippen LogP contribution in [-0.4, -0.2) is 55.4 Å². The fourth-order valence-corrected chi connectivity index (χ4v) is 5.11. The predicted octanol–water partition coefficient (Wildman–Crippen LogP) is 3.41. The number of fused-ring (bicyclic) bond motifs is 1.